The van der Waals surface area contributed by atoms with Crippen molar-refractivity contribution >= 4 is 21.1 Å². The molecule has 0 unspecified atom stereocenters. The van der Waals surface area contributed by atoms with Crippen molar-refractivity contribution in [3.05, 3.63) is 53.9 Å². The normalized spacial score (nSPS) is 11.8. The molecule has 2 N–H and O–H groups in total. The summed E-state index contributed by atoms with van der Waals surface area (Å²) < 4.78 is 32.6. The highest BCUT2D eigenvalue weighted by atomic mass is 32.2. The molecule has 0 amide bonds. The van der Waals surface area contributed by atoms with E-state index < -0.39 is 10.0 Å². The number of imidazole rings is 1. The van der Waals surface area contributed by atoms with Gasteiger partial charge in [-0.05, 0) is 49.2 Å². The van der Waals surface area contributed by atoms with E-state index >= 15 is 0 Å². The second kappa shape index (κ2) is 6.62. The van der Waals surface area contributed by atoms with Gasteiger partial charge in [0.1, 0.15) is 11.6 Å². The van der Waals surface area contributed by atoms with Gasteiger partial charge in [0, 0.05) is 6.54 Å². The molecule has 1 heterocycles. The fourth-order valence-electron chi connectivity index (χ4n) is 2.52. The van der Waals surface area contributed by atoms with Gasteiger partial charge < -0.3 is 9.72 Å². The Morgan fingerprint density at radius 2 is 2.04 bits per heavy atom. The third kappa shape index (κ3) is 3.58. The van der Waals surface area contributed by atoms with Crippen LogP contribution in [0.5, 0.6) is 5.75 Å². The second-order valence-electron chi connectivity index (χ2n) is 5.50. The van der Waals surface area contributed by atoms with Crippen LogP contribution in [0.3, 0.4) is 0 Å². The number of benzene rings is 2. The summed E-state index contributed by atoms with van der Waals surface area (Å²) in [5.41, 5.74) is 2.47. The van der Waals surface area contributed by atoms with E-state index in [1.165, 1.54) is 0 Å². The molecule has 7 heteroatoms. The molecule has 0 spiro atoms. The van der Waals surface area contributed by atoms with Gasteiger partial charge in [0.2, 0.25) is 10.0 Å². The van der Waals surface area contributed by atoms with Crippen LogP contribution in [-0.4, -0.2) is 32.0 Å². The Balaban J connectivity index is 1.70. The first-order valence-corrected chi connectivity index (χ1v) is 9.05. The number of aryl methyl sites for hydroxylation is 1. The van der Waals surface area contributed by atoms with Crippen LogP contribution >= 0.6 is 0 Å². The number of sulfonamides is 1. The lowest BCUT2D eigenvalue weighted by molar-refractivity contribution is 0.414. The first-order valence-electron chi connectivity index (χ1n) is 7.57. The summed E-state index contributed by atoms with van der Waals surface area (Å²) in [5, 5.41) is 0. The van der Waals surface area contributed by atoms with Crippen LogP contribution < -0.4 is 9.46 Å². The van der Waals surface area contributed by atoms with Gasteiger partial charge in [-0.25, -0.2) is 18.1 Å². The van der Waals surface area contributed by atoms with Crippen molar-refractivity contribution in [2.24, 2.45) is 0 Å². The fraction of sp³-hybridized carbons (Fsp3) is 0.235. The highest BCUT2D eigenvalue weighted by molar-refractivity contribution is 7.89. The summed E-state index contributed by atoms with van der Waals surface area (Å²) in [4.78, 5) is 7.55. The monoisotopic (exact) mass is 345 g/mol. The van der Waals surface area contributed by atoms with Crippen LogP contribution in [0.1, 0.15) is 11.4 Å². The number of nitrogens with one attached hydrogen (secondary N) is 2. The van der Waals surface area contributed by atoms with Gasteiger partial charge in [-0.15, -0.1) is 0 Å². The van der Waals surface area contributed by atoms with Crippen molar-refractivity contribution in [1.82, 2.24) is 14.7 Å². The summed E-state index contributed by atoms with van der Waals surface area (Å²) in [5.74, 6) is 1.51. The van der Waals surface area contributed by atoms with Crippen molar-refractivity contribution < 1.29 is 13.2 Å². The Bertz CT molecular complexity index is 964. The van der Waals surface area contributed by atoms with E-state index in [2.05, 4.69) is 14.7 Å². The number of nitrogens with zero attached hydrogens (tertiary/aromatic N) is 1. The Labute approximate surface area is 140 Å². The number of fused-ring (bicyclic) bond motifs is 1. The molecule has 0 fully saturated rings. The third-order valence-electron chi connectivity index (χ3n) is 3.72. The van der Waals surface area contributed by atoms with Gasteiger partial charge in [0.15, 0.2) is 0 Å². The molecule has 0 radical (unpaired) electrons. The minimum absolute atomic E-state index is 0.226. The zero-order valence-corrected chi connectivity index (χ0v) is 14.4. The maximum atomic E-state index is 12.4. The number of hydrogen-bond donors (Lipinski definition) is 2. The van der Waals surface area contributed by atoms with E-state index in [4.69, 9.17) is 4.74 Å². The van der Waals surface area contributed by atoms with Crippen molar-refractivity contribution in [2.75, 3.05) is 13.7 Å². The average Bonchev–Trinajstić information content (AvgIpc) is 2.94. The number of aromatic nitrogens is 2. The minimum atomic E-state index is -3.56. The maximum Gasteiger partial charge on any atom is 0.240 e. The lowest BCUT2D eigenvalue weighted by Gasteiger charge is -2.08. The average molecular weight is 345 g/mol. The molecule has 0 saturated carbocycles. The summed E-state index contributed by atoms with van der Waals surface area (Å²) in [7, 11) is -1.95. The number of hydrogen-bond acceptors (Lipinski definition) is 4. The van der Waals surface area contributed by atoms with Gasteiger partial charge in [-0.3, -0.25) is 0 Å². The lowest BCUT2D eigenvalue weighted by Crippen LogP contribution is -2.26. The van der Waals surface area contributed by atoms with Crippen molar-refractivity contribution in [3.8, 4) is 5.75 Å². The summed E-state index contributed by atoms with van der Waals surface area (Å²) in [6.07, 6.45) is 0.585. The second-order valence-corrected chi connectivity index (χ2v) is 7.27. The molecule has 6 nitrogen and oxygen atoms in total. The molecule has 126 valence electrons. The lowest BCUT2D eigenvalue weighted by atomic mass is 10.1. The molecule has 0 atom stereocenters. The van der Waals surface area contributed by atoms with Gasteiger partial charge in [-0.1, -0.05) is 12.1 Å². The fourth-order valence-corrected chi connectivity index (χ4v) is 3.58. The van der Waals surface area contributed by atoms with Crippen LogP contribution in [0, 0.1) is 6.92 Å². The van der Waals surface area contributed by atoms with Crippen molar-refractivity contribution in [1.29, 1.82) is 0 Å². The number of methoxy groups -OCH3 is 1. The molecular formula is C17H19N3O3S. The van der Waals surface area contributed by atoms with Crippen molar-refractivity contribution in [3.63, 3.8) is 0 Å². The van der Waals surface area contributed by atoms with Crippen LogP contribution in [0.15, 0.2) is 47.4 Å². The minimum Gasteiger partial charge on any atom is -0.497 e. The van der Waals surface area contributed by atoms with E-state index in [9.17, 15) is 8.42 Å². The standard InChI is InChI=1S/C17H19N3O3S/c1-12-19-16-7-6-15(11-17(16)20-12)24(21,22)18-9-8-13-4-3-5-14(10-13)23-2/h3-7,10-11,18H,8-9H2,1-2H3,(H,19,20). The van der Waals surface area contributed by atoms with E-state index in [0.29, 0.717) is 18.5 Å². The highest BCUT2D eigenvalue weighted by Crippen LogP contribution is 2.17. The Hall–Kier alpha value is -2.38. The summed E-state index contributed by atoms with van der Waals surface area (Å²) >= 11 is 0. The van der Waals surface area contributed by atoms with Crippen LogP contribution in [0.4, 0.5) is 0 Å². The number of H-pyrrole nitrogens is 1. The topological polar surface area (TPSA) is 84.1 Å². The zero-order valence-electron chi connectivity index (χ0n) is 13.5. The predicted molar refractivity (Wildman–Crippen MR) is 92.7 cm³/mol. The SMILES string of the molecule is COc1cccc(CCNS(=O)(=O)c2ccc3nc(C)[nH]c3c2)c1. The Kier molecular flexibility index (Phi) is 4.55. The molecule has 0 aliphatic heterocycles. The van der Waals surface area contributed by atoms with E-state index in [0.717, 1.165) is 22.7 Å². The summed E-state index contributed by atoms with van der Waals surface area (Å²) in [6.45, 7) is 2.15. The van der Waals surface area contributed by atoms with Gasteiger partial charge in [0.05, 0.1) is 23.0 Å². The quantitative estimate of drug-likeness (QED) is 0.718. The smallest absolute Gasteiger partial charge is 0.240 e. The first kappa shape index (κ1) is 16.5. The molecule has 24 heavy (non-hydrogen) atoms. The molecule has 2 aromatic carbocycles. The number of aromatic amines is 1. The van der Waals surface area contributed by atoms with E-state index in [1.54, 1.807) is 25.3 Å². The van der Waals surface area contributed by atoms with Crippen LogP contribution in [0.2, 0.25) is 0 Å². The highest BCUT2D eigenvalue weighted by Gasteiger charge is 2.15. The molecule has 3 aromatic rings. The molecule has 0 bridgehead atoms. The van der Waals surface area contributed by atoms with Gasteiger partial charge in [-0.2, -0.15) is 0 Å². The third-order valence-corrected chi connectivity index (χ3v) is 5.18. The maximum absolute atomic E-state index is 12.4. The predicted octanol–water partition coefficient (Wildman–Crippen LogP) is 2.40. The van der Waals surface area contributed by atoms with E-state index in [1.807, 2.05) is 31.2 Å². The summed E-state index contributed by atoms with van der Waals surface area (Å²) in [6, 6.07) is 12.4. The largest absolute Gasteiger partial charge is 0.497 e. The molecule has 0 aliphatic rings. The molecular weight excluding hydrogens is 326 g/mol. The number of rotatable bonds is 6. The first-order chi connectivity index (χ1) is 11.5. The number of ether oxygens (including phenoxy) is 1. The Morgan fingerprint density at radius 3 is 2.83 bits per heavy atom. The molecule has 1 aromatic heterocycles. The van der Waals surface area contributed by atoms with Crippen molar-refractivity contribution in [2.45, 2.75) is 18.2 Å². The zero-order chi connectivity index (χ0) is 17.2. The molecule has 3 rings (SSSR count). The molecule has 0 saturated heterocycles. The molecule has 0 aliphatic carbocycles. The van der Waals surface area contributed by atoms with Crippen LogP contribution in [0.25, 0.3) is 11.0 Å². The van der Waals surface area contributed by atoms with Gasteiger partial charge in [0.25, 0.3) is 0 Å². The Morgan fingerprint density at radius 1 is 1.21 bits per heavy atom. The van der Waals surface area contributed by atoms with Gasteiger partial charge >= 0.3 is 0 Å². The van der Waals surface area contributed by atoms with Crippen LogP contribution in [-0.2, 0) is 16.4 Å². The van der Waals surface area contributed by atoms with E-state index in [-0.39, 0.29) is 4.90 Å².